The fourth-order valence-corrected chi connectivity index (χ4v) is 4.82. The Balaban J connectivity index is 0.00000336. The molecule has 5 rings (SSSR count). The van der Waals surface area contributed by atoms with E-state index in [9.17, 15) is 9.59 Å². The summed E-state index contributed by atoms with van der Waals surface area (Å²) < 4.78 is 5.75. The standard InChI is InChI=1S/C27H29N7O3.ClH/c1-16(28-2)26(35)29-22-13-11-17-7-4-5-10-23(17)34(27(22)36)15-21-18-8-6-9-20(25-30-32-33-31-25)19(18)12-14-24(21)37-3;/h4-10,12,14,16,22,28H,11,13,15H2,1-3H3,(H,29,35)(H,30,31,32,33);1H/t16-,22-;/m0./s1. The number of anilines is 1. The van der Waals surface area contributed by atoms with Crippen LogP contribution in [0.5, 0.6) is 5.75 Å². The molecule has 0 saturated heterocycles. The van der Waals surface area contributed by atoms with E-state index < -0.39 is 12.1 Å². The normalized spacial score (nSPS) is 15.8. The van der Waals surface area contributed by atoms with Gasteiger partial charge in [-0.1, -0.05) is 36.4 Å². The van der Waals surface area contributed by atoms with Gasteiger partial charge < -0.3 is 20.3 Å². The zero-order valence-corrected chi connectivity index (χ0v) is 22.2. The van der Waals surface area contributed by atoms with Crippen molar-refractivity contribution in [1.29, 1.82) is 0 Å². The Morgan fingerprint density at radius 1 is 1.16 bits per heavy atom. The van der Waals surface area contributed by atoms with Crippen LogP contribution in [-0.4, -0.2) is 58.7 Å². The second-order valence-electron chi connectivity index (χ2n) is 9.05. The number of nitrogens with zero attached hydrogens (tertiary/aromatic N) is 4. The summed E-state index contributed by atoms with van der Waals surface area (Å²) >= 11 is 0. The average Bonchev–Trinajstić information content (AvgIpc) is 3.43. The van der Waals surface area contributed by atoms with E-state index in [0.29, 0.717) is 24.4 Å². The number of H-pyrrole nitrogens is 1. The van der Waals surface area contributed by atoms with Crippen molar-refractivity contribution in [3.63, 3.8) is 0 Å². The van der Waals surface area contributed by atoms with Gasteiger partial charge in [0.15, 0.2) is 0 Å². The van der Waals surface area contributed by atoms with Crippen LogP contribution in [-0.2, 0) is 22.6 Å². The smallest absolute Gasteiger partial charge is 0.249 e. The molecule has 4 aromatic rings. The van der Waals surface area contributed by atoms with Crippen LogP contribution in [0.15, 0.2) is 54.6 Å². The highest BCUT2D eigenvalue weighted by Crippen LogP contribution is 2.36. The third-order valence-electron chi connectivity index (χ3n) is 6.94. The molecule has 0 saturated carbocycles. The lowest BCUT2D eigenvalue weighted by atomic mass is 9.98. The number of likely N-dealkylation sites (N-methyl/N-ethyl adjacent to an activating group) is 1. The van der Waals surface area contributed by atoms with E-state index in [0.717, 1.165) is 33.2 Å². The third-order valence-corrected chi connectivity index (χ3v) is 6.94. The number of aryl methyl sites for hydroxylation is 1. The number of tetrazole rings is 1. The molecule has 3 aromatic carbocycles. The van der Waals surface area contributed by atoms with Crippen LogP contribution in [0.3, 0.4) is 0 Å². The lowest BCUT2D eigenvalue weighted by molar-refractivity contribution is -0.128. The fraction of sp³-hybridized carbons (Fsp3) is 0.296. The number of rotatable bonds is 7. The number of ether oxygens (including phenoxy) is 1. The first-order valence-corrected chi connectivity index (χ1v) is 12.2. The van der Waals surface area contributed by atoms with E-state index in [1.165, 1.54) is 0 Å². The number of carbonyl (C=O) groups is 2. The average molecular weight is 536 g/mol. The Morgan fingerprint density at radius 3 is 2.71 bits per heavy atom. The van der Waals surface area contributed by atoms with Crippen LogP contribution < -0.4 is 20.3 Å². The number of hydrogen-bond acceptors (Lipinski definition) is 7. The van der Waals surface area contributed by atoms with Crippen LogP contribution in [0.25, 0.3) is 22.2 Å². The summed E-state index contributed by atoms with van der Waals surface area (Å²) in [6.45, 7) is 2.03. The monoisotopic (exact) mass is 535 g/mol. The highest BCUT2D eigenvalue weighted by molar-refractivity contribution is 6.03. The number of aromatic nitrogens is 4. The van der Waals surface area contributed by atoms with Crippen molar-refractivity contribution in [3.05, 3.63) is 65.7 Å². The molecule has 0 unspecified atom stereocenters. The van der Waals surface area contributed by atoms with E-state index in [1.807, 2.05) is 54.6 Å². The van der Waals surface area contributed by atoms with Crippen LogP contribution in [0.1, 0.15) is 24.5 Å². The van der Waals surface area contributed by atoms with Gasteiger partial charge in [-0.15, -0.1) is 22.6 Å². The van der Waals surface area contributed by atoms with Gasteiger partial charge in [-0.25, -0.2) is 0 Å². The van der Waals surface area contributed by atoms with Gasteiger partial charge in [-0.2, -0.15) is 5.21 Å². The second kappa shape index (κ2) is 11.6. The van der Waals surface area contributed by atoms with Crippen molar-refractivity contribution < 1.29 is 14.3 Å². The number of benzene rings is 3. The van der Waals surface area contributed by atoms with E-state index in [2.05, 4.69) is 31.3 Å². The number of nitrogens with one attached hydrogen (secondary N) is 3. The number of methoxy groups -OCH3 is 1. The number of halogens is 1. The van der Waals surface area contributed by atoms with Gasteiger partial charge in [-0.3, -0.25) is 9.59 Å². The lowest BCUT2D eigenvalue weighted by Gasteiger charge is -2.28. The molecule has 0 bridgehead atoms. The molecule has 1 aliphatic rings. The van der Waals surface area contributed by atoms with E-state index in [1.54, 1.807) is 26.0 Å². The van der Waals surface area contributed by atoms with Gasteiger partial charge in [-0.05, 0) is 66.6 Å². The molecule has 11 heteroatoms. The molecule has 0 fully saturated rings. The maximum Gasteiger partial charge on any atom is 0.249 e. The summed E-state index contributed by atoms with van der Waals surface area (Å²) in [5.41, 5.74) is 3.56. The predicted octanol–water partition coefficient (Wildman–Crippen LogP) is 3.02. The van der Waals surface area contributed by atoms with Crippen molar-refractivity contribution >= 4 is 40.7 Å². The summed E-state index contributed by atoms with van der Waals surface area (Å²) in [6.07, 6.45) is 1.19. The van der Waals surface area contributed by atoms with Gasteiger partial charge >= 0.3 is 0 Å². The van der Waals surface area contributed by atoms with Gasteiger partial charge in [0.2, 0.25) is 17.6 Å². The minimum absolute atomic E-state index is 0. The number of aromatic amines is 1. The molecule has 0 spiro atoms. The number of para-hydroxylation sites is 1. The van der Waals surface area contributed by atoms with Crippen molar-refractivity contribution in [1.82, 2.24) is 31.3 Å². The molecule has 38 heavy (non-hydrogen) atoms. The fourth-order valence-electron chi connectivity index (χ4n) is 4.82. The summed E-state index contributed by atoms with van der Waals surface area (Å²) in [7, 11) is 3.34. The highest BCUT2D eigenvalue weighted by Gasteiger charge is 2.33. The Hall–Kier alpha value is -4.02. The van der Waals surface area contributed by atoms with Crippen LogP contribution >= 0.6 is 12.4 Å². The van der Waals surface area contributed by atoms with Gasteiger partial charge in [0, 0.05) is 16.8 Å². The molecule has 2 atom stereocenters. The minimum Gasteiger partial charge on any atom is -0.496 e. The number of amides is 2. The third kappa shape index (κ3) is 5.05. The van der Waals surface area contributed by atoms with Crippen molar-refractivity contribution in [2.75, 3.05) is 19.1 Å². The Kier molecular flexibility index (Phi) is 8.23. The molecule has 3 N–H and O–H groups in total. The predicted molar refractivity (Wildman–Crippen MR) is 147 cm³/mol. The number of fused-ring (bicyclic) bond motifs is 2. The number of carbonyl (C=O) groups excluding carboxylic acids is 2. The Bertz CT molecular complexity index is 1440. The molecule has 198 valence electrons. The molecule has 1 aliphatic heterocycles. The topological polar surface area (TPSA) is 125 Å². The van der Waals surface area contributed by atoms with Crippen LogP contribution in [0.4, 0.5) is 5.69 Å². The molecule has 0 radical (unpaired) electrons. The van der Waals surface area contributed by atoms with Crippen molar-refractivity contribution in [3.8, 4) is 17.1 Å². The largest absolute Gasteiger partial charge is 0.496 e. The molecule has 2 amide bonds. The Labute approximate surface area is 226 Å². The highest BCUT2D eigenvalue weighted by atomic mass is 35.5. The van der Waals surface area contributed by atoms with Crippen LogP contribution in [0, 0.1) is 0 Å². The van der Waals surface area contributed by atoms with Crippen molar-refractivity contribution in [2.45, 2.75) is 38.4 Å². The molecule has 2 heterocycles. The summed E-state index contributed by atoms with van der Waals surface area (Å²) in [4.78, 5) is 28.4. The maximum absolute atomic E-state index is 14.0. The summed E-state index contributed by atoms with van der Waals surface area (Å²) in [5.74, 6) is 0.783. The van der Waals surface area contributed by atoms with E-state index in [4.69, 9.17) is 4.74 Å². The van der Waals surface area contributed by atoms with E-state index >= 15 is 0 Å². The first kappa shape index (κ1) is 27.0. The second-order valence-corrected chi connectivity index (χ2v) is 9.05. The number of hydrogen-bond donors (Lipinski definition) is 3. The Morgan fingerprint density at radius 2 is 1.97 bits per heavy atom. The lowest BCUT2D eigenvalue weighted by Crippen LogP contribution is -2.52. The molecule has 1 aromatic heterocycles. The first-order chi connectivity index (χ1) is 18.0. The first-order valence-electron chi connectivity index (χ1n) is 12.2. The van der Waals surface area contributed by atoms with Gasteiger partial charge in [0.25, 0.3) is 0 Å². The zero-order valence-electron chi connectivity index (χ0n) is 21.4. The minimum atomic E-state index is -0.647. The van der Waals surface area contributed by atoms with Gasteiger partial charge in [0.05, 0.1) is 19.7 Å². The van der Waals surface area contributed by atoms with E-state index in [-0.39, 0.29) is 30.8 Å². The molecule has 0 aliphatic carbocycles. The summed E-state index contributed by atoms with van der Waals surface area (Å²) in [5, 5.41) is 22.2. The SMILES string of the molecule is CN[C@@H](C)C(=O)N[C@H]1CCc2ccccc2N(Cc2c(OC)ccc3c(-c4nn[nH]n4)cccc23)C1=O.Cl. The van der Waals surface area contributed by atoms with Crippen molar-refractivity contribution in [2.24, 2.45) is 0 Å². The maximum atomic E-state index is 14.0. The molecule has 10 nitrogen and oxygen atoms in total. The van der Waals surface area contributed by atoms with Gasteiger partial charge in [0.1, 0.15) is 11.8 Å². The van der Waals surface area contributed by atoms with Crippen LogP contribution in [0.2, 0.25) is 0 Å². The zero-order chi connectivity index (χ0) is 25.9. The quantitative estimate of drug-likeness (QED) is 0.332. The molecular weight excluding hydrogens is 506 g/mol. The molecular formula is C27H30ClN7O3. The summed E-state index contributed by atoms with van der Waals surface area (Å²) in [6, 6.07) is 16.5.